The van der Waals surface area contributed by atoms with Gasteiger partial charge in [0.1, 0.15) is 12.7 Å². The van der Waals surface area contributed by atoms with Gasteiger partial charge < -0.3 is 29.3 Å². The van der Waals surface area contributed by atoms with Crippen LogP contribution in [0, 0.1) is 5.92 Å². The first-order chi connectivity index (χ1) is 26.1. The molecule has 0 aliphatic rings. The van der Waals surface area contributed by atoms with Gasteiger partial charge in [0.15, 0.2) is 11.9 Å². The lowest BCUT2D eigenvalue weighted by Crippen LogP contribution is -2.29. The predicted molar refractivity (Wildman–Crippen MR) is 212 cm³/mol. The molecule has 318 valence electrons. The number of esters is 2. The Bertz CT molecular complexity index is 1240. The molecule has 0 spiro atoms. The summed E-state index contributed by atoms with van der Waals surface area (Å²) in [6.07, 6.45) is 27.1. The minimum Gasteiger partial charge on any atom is -0.462 e. The number of phosphoric ester groups is 2. The van der Waals surface area contributed by atoms with E-state index in [1.54, 1.807) is 12.2 Å². The Kier molecular flexibility index (Phi) is 32.5. The maximum atomic E-state index is 12.6. The molecular weight excluding hydrogens is 754 g/mol. The SMILES string of the molecule is CCCCCC(=O)/C=C/C=C\C/C=C\C/C=C\CCCC(=O)O[C@H](COC(=O)CCCCCCCCCC(C)C)COP(=O)(O)OC[C@@H](O)COP(=O)(O)O. The van der Waals surface area contributed by atoms with Gasteiger partial charge >= 0.3 is 27.6 Å². The van der Waals surface area contributed by atoms with Crippen molar-refractivity contribution in [1.82, 2.24) is 0 Å². The van der Waals surface area contributed by atoms with E-state index < -0.39 is 66.2 Å². The van der Waals surface area contributed by atoms with Gasteiger partial charge in [-0.2, -0.15) is 0 Å². The summed E-state index contributed by atoms with van der Waals surface area (Å²) in [5.41, 5.74) is 0. The van der Waals surface area contributed by atoms with Crippen LogP contribution in [-0.2, 0) is 46.6 Å². The molecule has 0 saturated heterocycles. The van der Waals surface area contributed by atoms with Crippen LogP contribution < -0.4 is 0 Å². The second-order valence-corrected chi connectivity index (χ2v) is 16.4. The Labute approximate surface area is 328 Å². The van der Waals surface area contributed by atoms with Crippen LogP contribution in [0.25, 0.3) is 0 Å². The molecule has 0 aliphatic carbocycles. The molecule has 0 fully saturated rings. The van der Waals surface area contributed by atoms with Gasteiger partial charge in [-0.05, 0) is 50.5 Å². The molecule has 16 heteroatoms. The third-order valence-electron chi connectivity index (χ3n) is 7.86. The van der Waals surface area contributed by atoms with Gasteiger partial charge in [-0.3, -0.25) is 28.0 Å². The number of ether oxygens (including phenoxy) is 2. The normalized spacial score (nSPS) is 14.7. The van der Waals surface area contributed by atoms with E-state index in [1.165, 1.54) is 25.7 Å². The van der Waals surface area contributed by atoms with E-state index in [9.17, 15) is 33.5 Å². The third kappa shape index (κ3) is 38.4. The molecule has 0 amide bonds. The van der Waals surface area contributed by atoms with E-state index in [2.05, 4.69) is 29.8 Å². The second-order valence-electron chi connectivity index (χ2n) is 13.7. The molecule has 0 saturated carbocycles. The van der Waals surface area contributed by atoms with Gasteiger partial charge in [-0.25, -0.2) is 9.13 Å². The summed E-state index contributed by atoms with van der Waals surface area (Å²) in [6.45, 7) is 3.72. The number of phosphoric acid groups is 2. The number of aliphatic hydroxyl groups excluding tert-OH is 1. The summed E-state index contributed by atoms with van der Waals surface area (Å²) >= 11 is 0. The van der Waals surface area contributed by atoms with Crippen molar-refractivity contribution in [2.75, 3.05) is 26.4 Å². The number of carbonyl (C=O) groups is 3. The highest BCUT2D eigenvalue weighted by atomic mass is 31.2. The summed E-state index contributed by atoms with van der Waals surface area (Å²) in [6, 6.07) is 0. The van der Waals surface area contributed by atoms with Crippen molar-refractivity contribution in [3.63, 3.8) is 0 Å². The zero-order valence-electron chi connectivity index (χ0n) is 33.2. The Morgan fingerprint density at radius 3 is 1.89 bits per heavy atom. The number of carbonyl (C=O) groups excluding carboxylic acids is 3. The number of unbranched alkanes of at least 4 members (excludes halogenated alkanes) is 9. The van der Waals surface area contributed by atoms with Crippen LogP contribution >= 0.6 is 15.6 Å². The molecule has 0 aromatic heterocycles. The summed E-state index contributed by atoms with van der Waals surface area (Å²) < 4.78 is 47.5. The highest BCUT2D eigenvalue weighted by molar-refractivity contribution is 7.47. The number of ketones is 1. The molecule has 4 N–H and O–H groups in total. The molecule has 0 aromatic rings. The highest BCUT2D eigenvalue weighted by Crippen LogP contribution is 2.43. The zero-order valence-corrected chi connectivity index (χ0v) is 35.0. The van der Waals surface area contributed by atoms with Crippen molar-refractivity contribution in [1.29, 1.82) is 0 Å². The minimum atomic E-state index is -4.87. The second kappa shape index (κ2) is 33.8. The molecule has 3 atom stereocenters. The Balaban J connectivity index is 4.72. The van der Waals surface area contributed by atoms with Crippen LogP contribution in [0.4, 0.5) is 0 Å². The van der Waals surface area contributed by atoms with Crippen molar-refractivity contribution in [2.24, 2.45) is 5.92 Å². The molecule has 0 bridgehead atoms. The fourth-order valence-electron chi connectivity index (χ4n) is 4.83. The summed E-state index contributed by atoms with van der Waals surface area (Å²) in [7, 11) is -9.70. The smallest absolute Gasteiger partial charge is 0.462 e. The molecule has 14 nitrogen and oxygen atoms in total. The molecule has 0 aliphatic heterocycles. The number of hydrogen-bond acceptors (Lipinski definition) is 11. The van der Waals surface area contributed by atoms with Crippen molar-refractivity contribution < 1.29 is 66.3 Å². The van der Waals surface area contributed by atoms with E-state index in [0.717, 1.165) is 44.9 Å². The fourth-order valence-corrected chi connectivity index (χ4v) is 5.99. The summed E-state index contributed by atoms with van der Waals surface area (Å²) in [5, 5.41) is 9.71. The lowest BCUT2D eigenvalue weighted by Gasteiger charge is -2.20. The van der Waals surface area contributed by atoms with Gasteiger partial charge in [-0.15, -0.1) is 0 Å². The van der Waals surface area contributed by atoms with E-state index in [0.29, 0.717) is 38.0 Å². The molecule has 1 unspecified atom stereocenters. The lowest BCUT2D eigenvalue weighted by atomic mass is 10.0. The zero-order chi connectivity index (χ0) is 41.2. The number of aliphatic hydroxyl groups is 1. The number of rotatable bonds is 36. The Morgan fingerprint density at radius 1 is 0.636 bits per heavy atom. The highest BCUT2D eigenvalue weighted by Gasteiger charge is 2.28. The van der Waals surface area contributed by atoms with Crippen molar-refractivity contribution in [2.45, 2.75) is 149 Å². The maximum absolute atomic E-state index is 12.6. The van der Waals surface area contributed by atoms with Gasteiger partial charge in [0.25, 0.3) is 0 Å². The van der Waals surface area contributed by atoms with E-state index in [-0.39, 0.29) is 18.6 Å². The van der Waals surface area contributed by atoms with Crippen LogP contribution in [-0.4, -0.2) is 76.1 Å². The monoisotopic (exact) mass is 822 g/mol. The number of allylic oxidation sites excluding steroid dienone is 8. The summed E-state index contributed by atoms with van der Waals surface area (Å²) in [4.78, 5) is 64.1. The first-order valence-electron chi connectivity index (χ1n) is 19.6. The van der Waals surface area contributed by atoms with Crippen LogP contribution in [0.15, 0.2) is 48.6 Å². The van der Waals surface area contributed by atoms with E-state index in [1.807, 2.05) is 36.5 Å². The van der Waals surface area contributed by atoms with Gasteiger partial charge in [0.2, 0.25) is 0 Å². The molecule has 55 heavy (non-hydrogen) atoms. The predicted octanol–water partition coefficient (Wildman–Crippen LogP) is 8.54. The largest absolute Gasteiger partial charge is 0.472 e. The first kappa shape index (κ1) is 52.8. The maximum Gasteiger partial charge on any atom is 0.472 e. The minimum absolute atomic E-state index is 0.0283. The third-order valence-corrected chi connectivity index (χ3v) is 9.30. The van der Waals surface area contributed by atoms with Gasteiger partial charge in [0, 0.05) is 19.3 Å². The van der Waals surface area contributed by atoms with Crippen molar-refractivity contribution >= 4 is 33.4 Å². The first-order valence-corrected chi connectivity index (χ1v) is 22.7. The number of hydrogen-bond donors (Lipinski definition) is 4. The van der Waals surface area contributed by atoms with Crippen LogP contribution in [0.1, 0.15) is 136 Å². The van der Waals surface area contributed by atoms with E-state index in [4.69, 9.17) is 23.8 Å². The topological polar surface area (TPSA) is 212 Å². The van der Waals surface area contributed by atoms with Crippen LogP contribution in [0.5, 0.6) is 0 Å². The van der Waals surface area contributed by atoms with E-state index >= 15 is 0 Å². The van der Waals surface area contributed by atoms with Crippen LogP contribution in [0.2, 0.25) is 0 Å². The fraction of sp³-hybridized carbons (Fsp3) is 0.718. The lowest BCUT2D eigenvalue weighted by molar-refractivity contribution is -0.161. The summed E-state index contributed by atoms with van der Waals surface area (Å²) in [5.74, 6) is -0.284. The van der Waals surface area contributed by atoms with Crippen LogP contribution in [0.3, 0.4) is 0 Å². The average molecular weight is 823 g/mol. The van der Waals surface area contributed by atoms with Crippen molar-refractivity contribution in [3.05, 3.63) is 48.6 Å². The molecule has 0 radical (unpaired) electrons. The molecule has 0 heterocycles. The average Bonchev–Trinajstić information content (AvgIpc) is 3.12. The van der Waals surface area contributed by atoms with Gasteiger partial charge in [0.05, 0.1) is 19.8 Å². The molecule has 0 rings (SSSR count). The van der Waals surface area contributed by atoms with Gasteiger partial charge in [-0.1, -0.05) is 121 Å². The van der Waals surface area contributed by atoms with Crippen molar-refractivity contribution in [3.8, 4) is 0 Å². The Hall–Kier alpha value is -2.25. The Morgan fingerprint density at radius 2 is 1.22 bits per heavy atom. The molecule has 0 aromatic carbocycles. The molecular formula is C39H68O14P2. The quantitative estimate of drug-likeness (QED) is 0.0116. The standard InChI is InChI=1S/C39H68O14P2/c1-4-5-20-26-35(40)27-22-17-13-9-7-6-8-10-14-19-24-29-39(43)53-37(33-52-55(47,48)51-31-36(41)30-50-54(44,45)46)32-49-38(42)28-23-18-15-11-12-16-21-25-34(2)3/h6-7,10,13-14,17,22,27,34,36-37,41H,4-5,8-9,11-12,15-16,18-21,23-26,28-33H2,1-3H3,(H,47,48)(H2,44,45,46)/b7-6-,14-10-,17-13-,27-22+/t36-,37+/m0/s1.